The van der Waals surface area contributed by atoms with Crippen LogP contribution in [0.2, 0.25) is 0 Å². The van der Waals surface area contributed by atoms with Gasteiger partial charge in [0.2, 0.25) is 0 Å². The molecule has 5 heteroatoms. The number of hydrogen-bond acceptors (Lipinski definition) is 4. The fourth-order valence-electron chi connectivity index (χ4n) is 3.46. The van der Waals surface area contributed by atoms with Crippen molar-refractivity contribution in [2.45, 2.75) is 0 Å². The molecule has 0 spiro atoms. The highest BCUT2D eigenvalue weighted by Gasteiger charge is 2.22. The summed E-state index contributed by atoms with van der Waals surface area (Å²) in [7, 11) is 1.67. The van der Waals surface area contributed by atoms with E-state index in [0.29, 0.717) is 24.4 Å². The standard InChI is InChI=1S/C24H24N2O3/c1-28-21-12-10-20(11-13-21)25-14-16-26(17-15-25)24(27)19-6-5-9-23(18-19)29-22-7-3-2-4-8-22/h2-13,18H,14-17H2,1H3. The van der Waals surface area contributed by atoms with Crippen LogP contribution in [-0.4, -0.2) is 44.1 Å². The molecule has 3 aromatic rings. The summed E-state index contributed by atoms with van der Waals surface area (Å²) < 4.78 is 11.1. The first-order valence-electron chi connectivity index (χ1n) is 9.74. The molecule has 148 valence electrons. The predicted molar refractivity (Wildman–Crippen MR) is 114 cm³/mol. The molecule has 1 heterocycles. The van der Waals surface area contributed by atoms with E-state index in [1.807, 2.05) is 71.6 Å². The average molecular weight is 388 g/mol. The maximum atomic E-state index is 13.0. The summed E-state index contributed by atoms with van der Waals surface area (Å²) in [5.41, 5.74) is 1.80. The lowest BCUT2D eigenvalue weighted by Gasteiger charge is -2.36. The third-order valence-electron chi connectivity index (χ3n) is 5.06. The number of anilines is 1. The van der Waals surface area contributed by atoms with Gasteiger partial charge in [-0.1, -0.05) is 24.3 Å². The lowest BCUT2D eigenvalue weighted by molar-refractivity contribution is 0.0746. The molecule has 0 unspecified atom stereocenters. The SMILES string of the molecule is COc1ccc(N2CCN(C(=O)c3cccc(Oc4ccccc4)c3)CC2)cc1. The molecule has 3 aromatic carbocycles. The topological polar surface area (TPSA) is 42.0 Å². The van der Waals surface area contributed by atoms with Crippen LogP contribution >= 0.6 is 0 Å². The summed E-state index contributed by atoms with van der Waals surface area (Å²) >= 11 is 0. The smallest absolute Gasteiger partial charge is 0.254 e. The van der Waals surface area contributed by atoms with Crippen LogP contribution in [0.15, 0.2) is 78.9 Å². The fraction of sp³-hybridized carbons (Fsp3) is 0.208. The molecule has 0 aromatic heterocycles. The van der Waals surface area contributed by atoms with Gasteiger partial charge in [0.15, 0.2) is 0 Å². The number of benzene rings is 3. The van der Waals surface area contributed by atoms with Gasteiger partial charge in [0, 0.05) is 37.4 Å². The Bertz CT molecular complexity index is 949. The number of hydrogen-bond donors (Lipinski definition) is 0. The van der Waals surface area contributed by atoms with E-state index in [1.54, 1.807) is 7.11 Å². The molecule has 0 saturated carbocycles. The minimum absolute atomic E-state index is 0.0397. The van der Waals surface area contributed by atoms with Crippen LogP contribution < -0.4 is 14.4 Å². The van der Waals surface area contributed by atoms with Gasteiger partial charge in [0.1, 0.15) is 17.2 Å². The first-order chi connectivity index (χ1) is 14.2. The lowest BCUT2D eigenvalue weighted by atomic mass is 10.1. The van der Waals surface area contributed by atoms with E-state index >= 15 is 0 Å². The lowest BCUT2D eigenvalue weighted by Crippen LogP contribution is -2.48. The first kappa shape index (κ1) is 18.9. The van der Waals surface area contributed by atoms with Gasteiger partial charge in [-0.05, 0) is 54.6 Å². The van der Waals surface area contributed by atoms with Crippen molar-refractivity contribution in [3.05, 3.63) is 84.4 Å². The van der Waals surface area contributed by atoms with Crippen LogP contribution in [0, 0.1) is 0 Å². The third kappa shape index (κ3) is 4.51. The van der Waals surface area contributed by atoms with Crippen LogP contribution in [0.3, 0.4) is 0 Å². The van der Waals surface area contributed by atoms with Crippen LogP contribution in [0.4, 0.5) is 5.69 Å². The van der Waals surface area contributed by atoms with Gasteiger partial charge >= 0.3 is 0 Å². The number of carbonyl (C=O) groups excluding carboxylic acids is 1. The molecule has 1 aliphatic rings. The fourth-order valence-corrected chi connectivity index (χ4v) is 3.46. The van der Waals surface area contributed by atoms with Crippen molar-refractivity contribution >= 4 is 11.6 Å². The Kier molecular flexibility index (Phi) is 5.66. The van der Waals surface area contributed by atoms with Crippen molar-refractivity contribution in [2.75, 3.05) is 38.2 Å². The van der Waals surface area contributed by atoms with Crippen molar-refractivity contribution in [3.8, 4) is 17.2 Å². The number of rotatable bonds is 5. The number of nitrogens with zero attached hydrogens (tertiary/aromatic N) is 2. The van der Waals surface area contributed by atoms with Crippen LogP contribution in [0.5, 0.6) is 17.2 Å². The normalized spacial score (nSPS) is 13.8. The Hall–Kier alpha value is -3.47. The number of para-hydroxylation sites is 1. The number of amides is 1. The van der Waals surface area contributed by atoms with Crippen LogP contribution in [0.1, 0.15) is 10.4 Å². The molecule has 0 bridgehead atoms. The maximum Gasteiger partial charge on any atom is 0.254 e. The monoisotopic (exact) mass is 388 g/mol. The zero-order valence-corrected chi connectivity index (χ0v) is 16.5. The Balaban J connectivity index is 1.38. The highest BCUT2D eigenvalue weighted by molar-refractivity contribution is 5.94. The highest BCUT2D eigenvalue weighted by Crippen LogP contribution is 2.24. The molecule has 4 rings (SSSR count). The molecule has 1 saturated heterocycles. The molecule has 0 aliphatic carbocycles. The van der Waals surface area contributed by atoms with E-state index < -0.39 is 0 Å². The highest BCUT2D eigenvalue weighted by atomic mass is 16.5. The molecule has 29 heavy (non-hydrogen) atoms. The van der Waals surface area contributed by atoms with Crippen LogP contribution in [0.25, 0.3) is 0 Å². The zero-order chi connectivity index (χ0) is 20.1. The van der Waals surface area contributed by atoms with Crippen molar-refractivity contribution < 1.29 is 14.3 Å². The number of ether oxygens (including phenoxy) is 2. The zero-order valence-electron chi connectivity index (χ0n) is 16.5. The minimum atomic E-state index is 0.0397. The van der Waals surface area contributed by atoms with Crippen molar-refractivity contribution in [2.24, 2.45) is 0 Å². The largest absolute Gasteiger partial charge is 0.497 e. The van der Waals surface area contributed by atoms with Gasteiger partial charge in [0.05, 0.1) is 7.11 Å². The minimum Gasteiger partial charge on any atom is -0.497 e. The van der Waals surface area contributed by atoms with Gasteiger partial charge in [-0.15, -0.1) is 0 Å². The number of carbonyl (C=O) groups is 1. The predicted octanol–water partition coefficient (Wildman–Crippen LogP) is 4.45. The van der Waals surface area contributed by atoms with E-state index in [-0.39, 0.29) is 5.91 Å². The molecule has 5 nitrogen and oxygen atoms in total. The van der Waals surface area contributed by atoms with E-state index in [0.717, 1.165) is 30.3 Å². The van der Waals surface area contributed by atoms with Crippen molar-refractivity contribution in [3.63, 3.8) is 0 Å². The molecule has 1 aliphatic heterocycles. The van der Waals surface area contributed by atoms with Crippen LogP contribution in [-0.2, 0) is 0 Å². The Morgan fingerprint density at radius 3 is 2.14 bits per heavy atom. The summed E-state index contributed by atoms with van der Waals surface area (Å²) in [6, 6.07) is 25.0. The Morgan fingerprint density at radius 1 is 0.759 bits per heavy atom. The summed E-state index contributed by atoms with van der Waals surface area (Å²) in [5.74, 6) is 2.31. The van der Waals surface area contributed by atoms with E-state index in [1.165, 1.54) is 0 Å². The maximum absolute atomic E-state index is 13.0. The molecule has 0 radical (unpaired) electrons. The molecule has 0 atom stereocenters. The summed E-state index contributed by atoms with van der Waals surface area (Å²) in [5, 5.41) is 0. The van der Waals surface area contributed by atoms with E-state index in [9.17, 15) is 4.79 Å². The van der Waals surface area contributed by atoms with E-state index in [2.05, 4.69) is 17.0 Å². The third-order valence-corrected chi connectivity index (χ3v) is 5.06. The summed E-state index contributed by atoms with van der Waals surface area (Å²) in [4.78, 5) is 17.2. The van der Waals surface area contributed by atoms with Gasteiger partial charge in [0.25, 0.3) is 5.91 Å². The van der Waals surface area contributed by atoms with Gasteiger partial charge in [-0.2, -0.15) is 0 Å². The van der Waals surface area contributed by atoms with E-state index in [4.69, 9.17) is 9.47 Å². The van der Waals surface area contributed by atoms with Gasteiger partial charge in [-0.25, -0.2) is 0 Å². The molecule has 0 N–H and O–H groups in total. The van der Waals surface area contributed by atoms with Gasteiger partial charge in [-0.3, -0.25) is 4.79 Å². The second kappa shape index (κ2) is 8.69. The molecule has 1 amide bonds. The summed E-state index contributed by atoms with van der Waals surface area (Å²) in [6.45, 7) is 2.99. The quantitative estimate of drug-likeness (QED) is 0.648. The van der Waals surface area contributed by atoms with Crippen molar-refractivity contribution in [1.29, 1.82) is 0 Å². The molecular weight excluding hydrogens is 364 g/mol. The average Bonchev–Trinajstić information content (AvgIpc) is 2.80. The van der Waals surface area contributed by atoms with Crippen molar-refractivity contribution in [1.82, 2.24) is 4.90 Å². The molecule has 1 fully saturated rings. The number of methoxy groups -OCH3 is 1. The second-order valence-electron chi connectivity index (χ2n) is 6.92. The first-order valence-corrected chi connectivity index (χ1v) is 9.74. The Labute approximate surface area is 171 Å². The number of piperazine rings is 1. The van der Waals surface area contributed by atoms with Gasteiger partial charge < -0.3 is 19.3 Å². The Morgan fingerprint density at radius 2 is 1.45 bits per heavy atom. The summed E-state index contributed by atoms with van der Waals surface area (Å²) in [6.07, 6.45) is 0. The molecular formula is C24H24N2O3. The second-order valence-corrected chi connectivity index (χ2v) is 6.92.